The van der Waals surface area contributed by atoms with Crippen molar-refractivity contribution in [3.8, 4) is 0 Å². The van der Waals surface area contributed by atoms with Gasteiger partial charge in [0.2, 0.25) is 0 Å². The van der Waals surface area contributed by atoms with Crippen LogP contribution >= 0.6 is 0 Å². The van der Waals surface area contributed by atoms with Crippen molar-refractivity contribution in [2.75, 3.05) is 0 Å². The zero-order valence-corrected chi connectivity index (χ0v) is 12.9. The van der Waals surface area contributed by atoms with Gasteiger partial charge in [0.05, 0.1) is 5.70 Å². The molecule has 0 saturated carbocycles. The summed E-state index contributed by atoms with van der Waals surface area (Å²) in [5, 5.41) is 11.1. The van der Waals surface area contributed by atoms with Crippen molar-refractivity contribution in [3.05, 3.63) is 89.8 Å². The zero-order chi connectivity index (χ0) is 17.6. The van der Waals surface area contributed by atoms with Crippen molar-refractivity contribution in [1.82, 2.24) is 20.2 Å². The second-order valence-corrected chi connectivity index (χ2v) is 5.02. The van der Waals surface area contributed by atoms with Gasteiger partial charge >= 0.3 is 0 Å². The van der Waals surface area contributed by atoms with Crippen molar-refractivity contribution in [1.29, 1.82) is 0 Å². The molecule has 124 valence electrons. The van der Waals surface area contributed by atoms with E-state index in [9.17, 15) is 13.6 Å². The van der Waals surface area contributed by atoms with Gasteiger partial charge in [0.1, 0.15) is 24.2 Å². The molecule has 0 radical (unpaired) electrons. The highest BCUT2D eigenvalue weighted by Gasteiger charge is 2.14. The van der Waals surface area contributed by atoms with Crippen LogP contribution in [0, 0.1) is 11.6 Å². The second-order valence-electron chi connectivity index (χ2n) is 5.02. The molecule has 1 heterocycles. The average molecular weight is 338 g/mol. The van der Waals surface area contributed by atoms with Crippen molar-refractivity contribution in [2.24, 2.45) is 0 Å². The quantitative estimate of drug-likeness (QED) is 0.407. The fourth-order valence-electron chi connectivity index (χ4n) is 2.37. The summed E-state index contributed by atoms with van der Waals surface area (Å²) in [5.74, 6) is -0.760. The third-order valence-corrected chi connectivity index (χ3v) is 3.45. The standard InChI is InChI=1S/C18H12F2N4O/c19-15-7-3-13(4-8-15)18(14-5-9-16(20)10-6-14)17(2-1-11-25)24-12-21-22-23-24/h1-12H/b2-1+. The molecule has 0 unspecified atom stereocenters. The first-order chi connectivity index (χ1) is 12.2. The smallest absolute Gasteiger partial charge is 0.143 e. The van der Waals surface area contributed by atoms with Crippen LogP contribution in [-0.4, -0.2) is 26.5 Å². The zero-order valence-electron chi connectivity index (χ0n) is 12.9. The lowest BCUT2D eigenvalue weighted by atomic mass is 9.95. The highest BCUT2D eigenvalue weighted by atomic mass is 19.1. The number of allylic oxidation sites excluding steroid dienone is 3. The van der Waals surface area contributed by atoms with Gasteiger partial charge in [-0.15, -0.1) is 5.10 Å². The average Bonchev–Trinajstić information content (AvgIpc) is 3.15. The third kappa shape index (κ3) is 3.72. The molecule has 0 aliphatic heterocycles. The van der Waals surface area contributed by atoms with Crippen LogP contribution in [-0.2, 0) is 4.79 Å². The molecule has 0 N–H and O–H groups in total. The molecule has 5 nitrogen and oxygen atoms in total. The number of aromatic nitrogens is 4. The molecule has 0 aliphatic carbocycles. The summed E-state index contributed by atoms with van der Waals surface area (Å²) in [6.07, 6.45) is 4.82. The first-order valence-electron chi connectivity index (χ1n) is 7.30. The number of carbonyl (C=O) groups excluding carboxylic acids is 1. The molecule has 7 heteroatoms. The molecule has 0 fully saturated rings. The lowest BCUT2D eigenvalue weighted by Gasteiger charge is -2.13. The van der Waals surface area contributed by atoms with Crippen LogP contribution in [0.15, 0.2) is 67.0 Å². The normalized spacial score (nSPS) is 10.8. The number of benzene rings is 2. The van der Waals surface area contributed by atoms with Crippen molar-refractivity contribution in [2.45, 2.75) is 0 Å². The van der Waals surface area contributed by atoms with Gasteiger partial charge in [0, 0.05) is 5.57 Å². The number of halogens is 2. The van der Waals surface area contributed by atoms with Crippen LogP contribution in [0.3, 0.4) is 0 Å². The van der Waals surface area contributed by atoms with E-state index in [2.05, 4.69) is 15.5 Å². The SMILES string of the molecule is O=C/C=C/C(=C(c1ccc(F)cc1)c1ccc(F)cc1)n1cnnn1. The summed E-state index contributed by atoms with van der Waals surface area (Å²) >= 11 is 0. The summed E-state index contributed by atoms with van der Waals surface area (Å²) in [6.45, 7) is 0. The van der Waals surface area contributed by atoms with Gasteiger partial charge in [-0.3, -0.25) is 4.79 Å². The number of nitrogens with zero attached hydrogens (tertiary/aromatic N) is 4. The van der Waals surface area contributed by atoms with Crippen LogP contribution < -0.4 is 0 Å². The molecule has 1 aromatic heterocycles. The van der Waals surface area contributed by atoms with Gasteiger partial charge in [-0.05, 0) is 58.0 Å². The third-order valence-electron chi connectivity index (χ3n) is 3.45. The summed E-state index contributed by atoms with van der Waals surface area (Å²) in [6, 6.07) is 11.6. The Balaban J connectivity index is 2.30. The van der Waals surface area contributed by atoms with E-state index in [1.54, 1.807) is 24.3 Å². The maximum Gasteiger partial charge on any atom is 0.143 e. The minimum Gasteiger partial charge on any atom is -0.299 e. The Bertz CT molecular complexity index is 867. The van der Waals surface area contributed by atoms with Gasteiger partial charge in [-0.25, -0.2) is 8.78 Å². The molecule has 3 aromatic rings. The predicted molar refractivity (Wildman–Crippen MR) is 88.0 cm³/mol. The highest BCUT2D eigenvalue weighted by molar-refractivity contribution is 5.96. The van der Waals surface area contributed by atoms with E-state index >= 15 is 0 Å². The fourth-order valence-corrected chi connectivity index (χ4v) is 2.37. The molecule has 0 atom stereocenters. The maximum absolute atomic E-state index is 13.3. The topological polar surface area (TPSA) is 60.7 Å². The van der Waals surface area contributed by atoms with Crippen molar-refractivity contribution >= 4 is 17.6 Å². The van der Waals surface area contributed by atoms with Gasteiger partial charge in [-0.1, -0.05) is 24.3 Å². The predicted octanol–water partition coefficient (Wildman–Crippen LogP) is 3.12. The van der Waals surface area contributed by atoms with Crippen LogP contribution in [0.5, 0.6) is 0 Å². The lowest BCUT2D eigenvalue weighted by Crippen LogP contribution is -2.02. The Kier molecular flexibility index (Phi) is 4.84. The molecule has 25 heavy (non-hydrogen) atoms. The van der Waals surface area contributed by atoms with Gasteiger partial charge in [0.25, 0.3) is 0 Å². The van der Waals surface area contributed by atoms with Gasteiger partial charge in [-0.2, -0.15) is 4.68 Å². The van der Waals surface area contributed by atoms with Crippen LogP contribution in [0.1, 0.15) is 11.1 Å². The molecule has 0 spiro atoms. The Morgan fingerprint density at radius 1 is 0.920 bits per heavy atom. The first-order valence-corrected chi connectivity index (χ1v) is 7.30. The Hall–Kier alpha value is -3.48. The van der Waals surface area contributed by atoms with E-state index in [-0.39, 0.29) is 11.6 Å². The number of hydrogen-bond acceptors (Lipinski definition) is 4. The van der Waals surface area contributed by atoms with E-state index in [1.807, 2.05) is 0 Å². The number of tetrazole rings is 1. The van der Waals surface area contributed by atoms with E-state index in [1.165, 1.54) is 47.4 Å². The van der Waals surface area contributed by atoms with Crippen LogP contribution in [0.4, 0.5) is 8.78 Å². The van der Waals surface area contributed by atoms with E-state index in [0.29, 0.717) is 28.7 Å². The number of hydrogen-bond donors (Lipinski definition) is 0. The van der Waals surface area contributed by atoms with E-state index < -0.39 is 0 Å². The molecule has 0 amide bonds. The fraction of sp³-hybridized carbons (Fsp3) is 0. The summed E-state index contributed by atoms with van der Waals surface area (Å²) < 4.78 is 28.0. The monoisotopic (exact) mass is 338 g/mol. The second kappa shape index (κ2) is 7.39. The largest absolute Gasteiger partial charge is 0.299 e. The molecule has 0 saturated heterocycles. The Morgan fingerprint density at radius 2 is 1.48 bits per heavy atom. The Morgan fingerprint density at radius 3 is 1.92 bits per heavy atom. The number of aldehydes is 1. The molecule has 0 bridgehead atoms. The van der Waals surface area contributed by atoms with Crippen molar-refractivity contribution < 1.29 is 13.6 Å². The van der Waals surface area contributed by atoms with E-state index in [0.717, 1.165) is 0 Å². The van der Waals surface area contributed by atoms with Crippen molar-refractivity contribution in [3.63, 3.8) is 0 Å². The number of rotatable bonds is 5. The molecular formula is C18H12F2N4O. The highest BCUT2D eigenvalue weighted by Crippen LogP contribution is 2.30. The molecule has 0 aliphatic rings. The molecule has 2 aromatic carbocycles. The van der Waals surface area contributed by atoms with E-state index in [4.69, 9.17) is 0 Å². The number of carbonyl (C=O) groups is 1. The molecular weight excluding hydrogens is 326 g/mol. The minimum atomic E-state index is -0.380. The molecule has 3 rings (SSSR count). The van der Waals surface area contributed by atoms with Crippen LogP contribution in [0.2, 0.25) is 0 Å². The maximum atomic E-state index is 13.3. The van der Waals surface area contributed by atoms with Gasteiger partial charge in [0.15, 0.2) is 0 Å². The minimum absolute atomic E-state index is 0.380. The summed E-state index contributed by atoms with van der Waals surface area (Å²) in [4.78, 5) is 10.8. The van der Waals surface area contributed by atoms with Crippen LogP contribution in [0.25, 0.3) is 11.3 Å². The summed E-state index contributed by atoms with van der Waals surface area (Å²) in [7, 11) is 0. The lowest BCUT2D eigenvalue weighted by molar-refractivity contribution is -0.104. The van der Waals surface area contributed by atoms with Gasteiger partial charge < -0.3 is 0 Å². The summed E-state index contributed by atoms with van der Waals surface area (Å²) in [5.41, 5.74) is 2.42. The Labute approximate surface area is 141 Å². The first kappa shape index (κ1) is 16.4.